The van der Waals surface area contributed by atoms with Gasteiger partial charge in [-0.3, -0.25) is 4.79 Å². The van der Waals surface area contributed by atoms with Gasteiger partial charge in [-0.05, 0) is 44.9 Å². The number of methoxy groups -OCH3 is 1. The summed E-state index contributed by atoms with van der Waals surface area (Å²) in [6, 6.07) is 0. The molecule has 1 fully saturated rings. The lowest BCUT2D eigenvalue weighted by Crippen LogP contribution is -2.44. The number of aromatic nitrogens is 4. The first kappa shape index (κ1) is 19.1. The van der Waals surface area contributed by atoms with Crippen LogP contribution in [0.2, 0.25) is 0 Å². The minimum atomic E-state index is 0.178. The molecule has 4 rings (SSSR count). The lowest BCUT2D eigenvalue weighted by atomic mass is 9.72. The molecule has 0 saturated carbocycles. The molecule has 1 spiro atoms. The molecule has 2 aliphatic rings. The summed E-state index contributed by atoms with van der Waals surface area (Å²) in [5.74, 6) is 2.91. The highest BCUT2D eigenvalue weighted by atomic mass is 16.5. The van der Waals surface area contributed by atoms with Crippen LogP contribution in [0.1, 0.15) is 54.3 Å². The van der Waals surface area contributed by atoms with Crippen LogP contribution in [0.5, 0.6) is 0 Å². The number of likely N-dealkylation sites (tertiary alicyclic amines) is 1. The number of hydrogen-bond donors (Lipinski definition) is 0. The maximum atomic E-state index is 12.8. The molecule has 0 radical (unpaired) electrons. The molecule has 1 amide bonds. The SMILES string of the molecule is COCc1nnc2n1CCC1(CC2)CCN(C(=O)Cc2c(C)noc2C)CC1. The first-order chi connectivity index (χ1) is 13.5. The molecule has 8 nitrogen and oxygen atoms in total. The fraction of sp³-hybridized carbons (Fsp3) is 0.700. The van der Waals surface area contributed by atoms with Gasteiger partial charge in [0.15, 0.2) is 5.82 Å². The Labute approximate surface area is 165 Å². The highest BCUT2D eigenvalue weighted by Gasteiger charge is 2.38. The molecule has 28 heavy (non-hydrogen) atoms. The monoisotopic (exact) mass is 387 g/mol. The molecule has 2 aromatic rings. The molecule has 4 heterocycles. The van der Waals surface area contributed by atoms with Crippen molar-refractivity contribution in [2.75, 3.05) is 20.2 Å². The summed E-state index contributed by atoms with van der Waals surface area (Å²) in [6.45, 7) is 6.86. The van der Waals surface area contributed by atoms with Crippen molar-refractivity contribution in [3.63, 3.8) is 0 Å². The van der Waals surface area contributed by atoms with Crippen LogP contribution in [0.15, 0.2) is 4.52 Å². The van der Waals surface area contributed by atoms with Crippen molar-refractivity contribution in [1.29, 1.82) is 0 Å². The summed E-state index contributed by atoms with van der Waals surface area (Å²) in [5.41, 5.74) is 2.05. The zero-order valence-electron chi connectivity index (χ0n) is 17.0. The Morgan fingerprint density at radius 3 is 2.57 bits per heavy atom. The Kier molecular flexibility index (Phi) is 5.23. The van der Waals surface area contributed by atoms with E-state index >= 15 is 0 Å². The molecule has 2 aromatic heterocycles. The zero-order chi connectivity index (χ0) is 19.7. The van der Waals surface area contributed by atoms with E-state index in [1.165, 1.54) is 0 Å². The number of carbonyl (C=O) groups excluding carboxylic acids is 1. The second-order valence-corrected chi connectivity index (χ2v) is 8.23. The van der Waals surface area contributed by atoms with E-state index in [1.54, 1.807) is 7.11 Å². The van der Waals surface area contributed by atoms with Gasteiger partial charge in [0.2, 0.25) is 5.91 Å². The molecular formula is C20H29N5O3. The molecule has 0 bridgehead atoms. The molecule has 0 aliphatic carbocycles. The van der Waals surface area contributed by atoms with Gasteiger partial charge in [-0.15, -0.1) is 10.2 Å². The molecule has 2 aliphatic heterocycles. The van der Waals surface area contributed by atoms with Crippen molar-refractivity contribution in [2.45, 2.75) is 65.5 Å². The lowest BCUT2D eigenvalue weighted by Gasteiger charge is -2.41. The van der Waals surface area contributed by atoms with Crippen molar-refractivity contribution in [3.05, 3.63) is 28.7 Å². The highest BCUT2D eigenvalue weighted by Crippen LogP contribution is 2.41. The average Bonchev–Trinajstić information content (AvgIpc) is 3.17. The van der Waals surface area contributed by atoms with Crippen LogP contribution in [0.3, 0.4) is 0 Å². The van der Waals surface area contributed by atoms with Gasteiger partial charge in [0, 0.05) is 38.7 Å². The Bertz CT molecular complexity index is 829. The number of carbonyl (C=O) groups is 1. The highest BCUT2D eigenvalue weighted by molar-refractivity contribution is 5.79. The van der Waals surface area contributed by atoms with E-state index in [0.29, 0.717) is 18.4 Å². The predicted molar refractivity (Wildman–Crippen MR) is 102 cm³/mol. The zero-order valence-corrected chi connectivity index (χ0v) is 17.0. The first-order valence-corrected chi connectivity index (χ1v) is 10.1. The number of amides is 1. The molecule has 0 unspecified atom stereocenters. The number of ether oxygens (including phenoxy) is 1. The summed E-state index contributed by atoms with van der Waals surface area (Å²) in [4.78, 5) is 14.8. The van der Waals surface area contributed by atoms with Crippen LogP contribution < -0.4 is 0 Å². The molecule has 0 aromatic carbocycles. The normalized spacial score (nSPS) is 18.9. The number of fused-ring (bicyclic) bond motifs is 1. The van der Waals surface area contributed by atoms with Gasteiger partial charge in [-0.25, -0.2) is 0 Å². The van der Waals surface area contributed by atoms with Crippen LogP contribution >= 0.6 is 0 Å². The van der Waals surface area contributed by atoms with Gasteiger partial charge >= 0.3 is 0 Å². The van der Waals surface area contributed by atoms with Crippen molar-refractivity contribution >= 4 is 5.91 Å². The van der Waals surface area contributed by atoms with E-state index in [2.05, 4.69) is 19.9 Å². The van der Waals surface area contributed by atoms with Gasteiger partial charge in [0.1, 0.15) is 18.2 Å². The van der Waals surface area contributed by atoms with Crippen molar-refractivity contribution in [1.82, 2.24) is 24.8 Å². The van der Waals surface area contributed by atoms with Crippen LogP contribution in [0.25, 0.3) is 0 Å². The fourth-order valence-electron chi connectivity index (χ4n) is 4.65. The topological polar surface area (TPSA) is 86.3 Å². The Morgan fingerprint density at radius 1 is 1.14 bits per heavy atom. The summed E-state index contributed by atoms with van der Waals surface area (Å²) < 4.78 is 12.7. The third-order valence-electron chi connectivity index (χ3n) is 6.61. The number of nitrogens with zero attached hydrogens (tertiary/aromatic N) is 5. The lowest BCUT2D eigenvalue weighted by molar-refractivity contribution is -0.133. The van der Waals surface area contributed by atoms with Crippen molar-refractivity contribution in [2.24, 2.45) is 5.41 Å². The molecule has 0 N–H and O–H groups in total. The number of hydrogen-bond acceptors (Lipinski definition) is 6. The number of aryl methyl sites for hydroxylation is 3. The summed E-state index contributed by atoms with van der Waals surface area (Å²) in [7, 11) is 1.69. The third kappa shape index (κ3) is 3.57. The smallest absolute Gasteiger partial charge is 0.227 e. The van der Waals surface area contributed by atoms with Crippen LogP contribution in [0, 0.1) is 19.3 Å². The molecule has 152 valence electrons. The fourth-order valence-corrected chi connectivity index (χ4v) is 4.65. The average molecular weight is 387 g/mol. The van der Waals surface area contributed by atoms with E-state index in [-0.39, 0.29) is 5.91 Å². The van der Waals surface area contributed by atoms with Crippen molar-refractivity contribution < 1.29 is 14.1 Å². The molecule has 1 saturated heterocycles. The van der Waals surface area contributed by atoms with Crippen LogP contribution in [-0.2, 0) is 35.5 Å². The standard InChI is InChI=1S/C20H29N5O3/c1-14-16(15(2)28-23-14)12-19(26)24-9-6-20(7-10-24)5-4-17-21-22-18(13-27-3)25(17)11-8-20/h4-13H2,1-3H3. The van der Waals surface area contributed by atoms with Crippen LogP contribution in [0.4, 0.5) is 0 Å². The van der Waals surface area contributed by atoms with Gasteiger partial charge in [0.25, 0.3) is 0 Å². The van der Waals surface area contributed by atoms with Gasteiger partial charge in [0.05, 0.1) is 12.1 Å². The first-order valence-electron chi connectivity index (χ1n) is 10.1. The van der Waals surface area contributed by atoms with Crippen LogP contribution in [-0.4, -0.2) is 50.9 Å². The molecule has 8 heteroatoms. The second kappa shape index (κ2) is 7.66. The maximum absolute atomic E-state index is 12.8. The van der Waals surface area contributed by atoms with Crippen molar-refractivity contribution in [3.8, 4) is 0 Å². The van der Waals surface area contributed by atoms with E-state index < -0.39 is 0 Å². The summed E-state index contributed by atoms with van der Waals surface area (Å²) >= 11 is 0. The quantitative estimate of drug-likeness (QED) is 0.800. The van der Waals surface area contributed by atoms with E-state index in [0.717, 1.165) is 80.4 Å². The number of piperidine rings is 1. The Balaban J connectivity index is 1.37. The van der Waals surface area contributed by atoms with E-state index in [9.17, 15) is 4.79 Å². The minimum Gasteiger partial charge on any atom is -0.377 e. The van der Waals surface area contributed by atoms with E-state index in [4.69, 9.17) is 9.26 Å². The maximum Gasteiger partial charge on any atom is 0.227 e. The third-order valence-corrected chi connectivity index (χ3v) is 6.61. The summed E-state index contributed by atoms with van der Waals surface area (Å²) in [5, 5.41) is 12.6. The van der Waals surface area contributed by atoms with Gasteiger partial charge in [-0.2, -0.15) is 0 Å². The van der Waals surface area contributed by atoms with Gasteiger partial charge in [-0.1, -0.05) is 5.16 Å². The molecule has 0 atom stereocenters. The Morgan fingerprint density at radius 2 is 1.89 bits per heavy atom. The van der Waals surface area contributed by atoms with E-state index in [1.807, 2.05) is 18.7 Å². The largest absolute Gasteiger partial charge is 0.377 e. The molecular weight excluding hydrogens is 358 g/mol. The Hall–Kier alpha value is -2.22. The number of rotatable bonds is 4. The second-order valence-electron chi connectivity index (χ2n) is 8.23. The predicted octanol–water partition coefficient (Wildman–Crippen LogP) is 2.22. The van der Waals surface area contributed by atoms with Gasteiger partial charge < -0.3 is 18.7 Å². The minimum absolute atomic E-state index is 0.178. The summed E-state index contributed by atoms with van der Waals surface area (Å²) in [6.07, 6.45) is 5.67.